The molecule has 0 fully saturated rings. The summed E-state index contributed by atoms with van der Waals surface area (Å²) in [7, 11) is 0. The Hall–Kier alpha value is 0.782. The SMILES string of the molecule is CC(O)Cl.[AlH3]. The number of halogens is 1. The van der Waals surface area contributed by atoms with Crippen LogP contribution in [0.2, 0.25) is 0 Å². The molecule has 3 heteroatoms. The van der Waals surface area contributed by atoms with Gasteiger partial charge >= 0.3 is 0 Å². The van der Waals surface area contributed by atoms with Crippen molar-refractivity contribution in [1.29, 1.82) is 0 Å². The van der Waals surface area contributed by atoms with Crippen molar-refractivity contribution in [3.05, 3.63) is 0 Å². The van der Waals surface area contributed by atoms with Crippen LogP contribution in [-0.4, -0.2) is 28.0 Å². The Morgan fingerprint density at radius 3 is 1.80 bits per heavy atom. The second kappa shape index (κ2) is 4.78. The Morgan fingerprint density at radius 1 is 1.80 bits per heavy atom. The summed E-state index contributed by atoms with van der Waals surface area (Å²) in [5.74, 6) is 0. The van der Waals surface area contributed by atoms with Crippen LogP contribution in [0.15, 0.2) is 0 Å². The molecule has 32 valence electrons. The van der Waals surface area contributed by atoms with Crippen molar-refractivity contribution in [3.63, 3.8) is 0 Å². The third kappa shape index (κ3) is 60.5. The highest BCUT2D eigenvalue weighted by molar-refractivity contribution is 6.19. The number of hydrogen-bond donors (Lipinski definition) is 1. The number of alkyl halides is 1. The molecule has 1 N–H and O–H groups in total. The molecule has 0 bridgehead atoms. The Bertz CT molecular complexity index is 14.4. The van der Waals surface area contributed by atoms with E-state index in [1.54, 1.807) is 0 Å². The summed E-state index contributed by atoms with van der Waals surface area (Å²) in [6.07, 6.45) is 0. The van der Waals surface area contributed by atoms with Crippen LogP contribution < -0.4 is 0 Å². The predicted molar refractivity (Wildman–Crippen MR) is 27.5 cm³/mol. The molecular weight excluding hydrogens is 102 g/mol. The third-order valence-corrected chi connectivity index (χ3v) is 0. The van der Waals surface area contributed by atoms with Gasteiger partial charge < -0.3 is 5.11 Å². The Balaban J connectivity index is 0. The first-order valence-corrected chi connectivity index (χ1v) is 1.49. The molecule has 0 radical (unpaired) electrons. The Labute approximate surface area is 47.1 Å². The van der Waals surface area contributed by atoms with Gasteiger partial charge in [-0.2, -0.15) is 0 Å². The number of aliphatic hydroxyl groups excluding tert-OH is 1. The van der Waals surface area contributed by atoms with Crippen LogP contribution >= 0.6 is 11.6 Å². The molecule has 1 nitrogen and oxygen atoms in total. The molecule has 1 atom stereocenters. The van der Waals surface area contributed by atoms with Crippen LogP contribution in [0.5, 0.6) is 0 Å². The summed E-state index contributed by atoms with van der Waals surface area (Å²) in [4.78, 5) is 0. The van der Waals surface area contributed by atoms with E-state index in [-0.39, 0.29) is 17.4 Å². The molecule has 0 aromatic rings. The van der Waals surface area contributed by atoms with Crippen LogP contribution in [0.1, 0.15) is 6.92 Å². The molecule has 0 aromatic carbocycles. The van der Waals surface area contributed by atoms with Crippen molar-refractivity contribution >= 4 is 29.0 Å². The number of aliphatic hydroxyl groups is 1. The first-order chi connectivity index (χ1) is 1.73. The van der Waals surface area contributed by atoms with Crippen LogP contribution in [0.3, 0.4) is 0 Å². The molecule has 0 amide bonds. The fourth-order valence-electron chi connectivity index (χ4n) is 0. The fourth-order valence-corrected chi connectivity index (χ4v) is 0. The van der Waals surface area contributed by atoms with Crippen LogP contribution in [-0.2, 0) is 0 Å². The average molecular weight is 111 g/mol. The van der Waals surface area contributed by atoms with E-state index in [4.69, 9.17) is 16.7 Å². The van der Waals surface area contributed by atoms with Gasteiger partial charge in [-0.15, -0.1) is 0 Å². The maximum Gasteiger partial charge on any atom is 0.187 e. The predicted octanol–water partition coefficient (Wildman–Crippen LogP) is -0.620. The Kier molecular flexibility index (Phi) is 8.84. The van der Waals surface area contributed by atoms with E-state index in [0.29, 0.717) is 0 Å². The highest BCUT2D eigenvalue weighted by atomic mass is 35.5. The summed E-state index contributed by atoms with van der Waals surface area (Å²) >= 11 is 4.83. The molecule has 1 unspecified atom stereocenters. The van der Waals surface area contributed by atoms with E-state index in [0.717, 1.165) is 0 Å². The topological polar surface area (TPSA) is 20.2 Å². The first kappa shape index (κ1) is 9.24. The molecule has 0 spiro atoms. The van der Waals surface area contributed by atoms with E-state index >= 15 is 0 Å². The Morgan fingerprint density at radius 2 is 1.80 bits per heavy atom. The quantitative estimate of drug-likeness (QED) is 0.326. The zero-order chi connectivity index (χ0) is 3.58. The molecule has 0 saturated carbocycles. The van der Waals surface area contributed by atoms with Crippen molar-refractivity contribution < 1.29 is 5.11 Å². The lowest BCUT2D eigenvalue weighted by molar-refractivity contribution is 0.277. The second-order valence-corrected chi connectivity index (χ2v) is 1.21. The van der Waals surface area contributed by atoms with Gasteiger partial charge in [0.25, 0.3) is 0 Å². The summed E-state index contributed by atoms with van der Waals surface area (Å²) < 4.78 is 0. The minimum Gasteiger partial charge on any atom is -0.378 e. The molecular formula is C2H8AlClO. The molecule has 5 heavy (non-hydrogen) atoms. The summed E-state index contributed by atoms with van der Waals surface area (Å²) in [6, 6.07) is 0. The average Bonchev–Trinajstić information content (AvgIpc) is 0.811. The van der Waals surface area contributed by atoms with Gasteiger partial charge in [-0.3, -0.25) is 0 Å². The lowest BCUT2D eigenvalue weighted by atomic mass is 10.9. The smallest absolute Gasteiger partial charge is 0.187 e. The van der Waals surface area contributed by atoms with Crippen molar-refractivity contribution in [3.8, 4) is 0 Å². The first-order valence-electron chi connectivity index (χ1n) is 1.05. The minimum atomic E-state index is -0.694. The van der Waals surface area contributed by atoms with Crippen LogP contribution in [0.25, 0.3) is 0 Å². The van der Waals surface area contributed by atoms with E-state index in [2.05, 4.69) is 0 Å². The lowest BCUT2D eigenvalue weighted by Gasteiger charge is -1.77. The molecule has 0 saturated heterocycles. The molecule has 0 aliphatic heterocycles. The fraction of sp³-hybridized carbons (Fsp3) is 1.00. The lowest BCUT2D eigenvalue weighted by Crippen LogP contribution is -1.79. The van der Waals surface area contributed by atoms with E-state index in [1.807, 2.05) is 0 Å². The van der Waals surface area contributed by atoms with Gasteiger partial charge in [-0.1, -0.05) is 11.6 Å². The minimum absolute atomic E-state index is 0. The molecule has 0 aliphatic rings. The maximum absolute atomic E-state index is 7.82. The van der Waals surface area contributed by atoms with E-state index in [9.17, 15) is 0 Å². The standard InChI is InChI=1S/C2H5ClO.Al.3H/c1-2(3)4;;;;/h2,4H,1H3;;;;. The largest absolute Gasteiger partial charge is 0.378 e. The van der Waals surface area contributed by atoms with Gasteiger partial charge in [-0.05, 0) is 6.92 Å². The normalized spacial score (nSPS) is 12.6. The van der Waals surface area contributed by atoms with Gasteiger partial charge in [0.15, 0.2) is 17.4 Å². The molecule has 0 aliphatic carbocycles. The molecule has 0 heterocycles. The highest BCUT2D eigenvalue weighted by Crippen LogP contribution is 1.79. The number of rotatable bonds is 0. The van der Waals surface area contributed by atoms with Crippen LogP contribution in [0, 0.1) is 0 Å². The zero-order valence-corrected chi connectivity index (χ0v) is 3.16. The van der Waals surface area contributed by atoms with Crippen LogP contribution in [0.4, 0.5) is 0 Å². The molecule has 0 aromatic heterocycles. The van der Waals surface area contributed by atoms with Gasteiger partial charge in [-0.25, -0.2) is 0 Å². The third-order valence-electron chi connectivity index (χ3n) is 0. The van der Waals surface area contributed by atoms with Gasteiger partial charge in [0.05, 0.1) is 0 Å². The summed E-state index contributed by atoms with van der Waals surface area (Å²) in [5, 5.41) is 7.82. The van der Waals surface area contributed by atoms with Gasteiger partial charge in [0, 0.05) is 0 Å². The highest BCUT2D eigenvalue weighted by Gasteiger charge is 1.72. The van der Waals surface area contributed by atoms with E-state index in [1.165, 1.54) is 6.92 Å². The van der Waals surface area contributed by atoms with Crippen molar-refractivity contribution in [2.45, 2.75) is 12.5 Å². The monoisotopic (exact) mass is 110 g/mol. The summed E-state index contributed by atoms with van der Waals surface area (Å²) in [5.41, 5.74) is -0.694. The maximum atomic E-state index is 7.82. The van der Waals surface area contributed by atoms with Crippen molar-refractivity contribution in [2.24, 2.45) is 0 Å². The van der Waals surface area contributed by atoms with Gasteiger partial charge in [0.1, 0.15) is 5.56 Å². The van der Waals surface area contributed by atoms with Crippen molar-refractivity contribution in [2.75, 3.05) is 0 Å². The summed E-state index contributed by atoms with van der Waals surface area (Å²) in [6.45, 7) is 1.49. The number of hydrogen-bond acceptors (Lipinski definition) is 1. The van der Waals surface area contributed by atoms with Gasteiger partial charge in [0.2, 0.25) is 0 Å². The zero-order valence-electron chi connectivity index (χ0n) is 2.40. The second-order valence-electron chi connectivity index (χ2n) is 0.574. The van der Waals surface area contributed by atoms with Crippen molar-refractivity contribution in [1.82, 2.24) is 0 Å². The molecule has 0 rings (SSSR count). The van der Waals surface area contributed by atoms with E-state index < -0.39 is 5.56 Å².